The first-order valence-electron chi connectivity index (χ1n) is 11.6. The number of aromatic nitrogens is 3. The van der Waals surface area contributed by atoms with Crippen molar-refractivity contribution in [3.8, 4) is 5.88 Å². The van der Waals surface area contributed by atoms with Crippen molar-refractivity contribution in [2.45, 2.75) is 51.4 Å². The Balaban J connectivity index is 1.21. The van der Waals surface area contributed by atoms with Crippen molar-refractivity contribution in [3.63, 3.8) is 0 Å². The first kappa shape index (κ1) is 23.0. The van der Waals surface area contributed by atoms with E-state index in [0.717, 1.165) is 56.7 Å². The lowest BCUT2D eigenvalue weighted by Crippen LogP contribution is -2.31. The number of allylic oxidation sites excluding steroid dienone is 2. The third-order valence-electron chi connectivity index (χ3n) is 6.51. The van der Waals surface area contributed by atoms with Gasteiger partial charge in [0.25, 0.3) is 5.88 Å². The maximum Gasteiger partial charge on any atom is 0.251 e. The summed E-state index contributed by atoms with van der Waals surface area (Å²) in [5.74, 6) is 0.398. The highest BCUT2D eigenvalue weighted by atomic mass is 35.5. The van der Waals surface area contributed by atoms with Crippen LogP contribution in [0.5, 0.6) is 5.88 Å². The fourth-order valence-electron chi connectivity index (χ4n) is 4.40. The number of pyridine rings is 1. The molecule has 8 heteroatoms. The van der Waals surface area contributed by atoms with Crippen molar-refractivity contribution < 1.29 is 18.3 Å². The van der Waals surface area contributed by atoms with Gasteiger partial charge in [0, 0.05) is 36.0 Å². The summed E-state index contributed by atoms with van der Waals surface area (Å²) >= 11 is 5.78. The molecule has 178 valence electrons. The summed E-state index contributed by atoms with van der Waals surface area (Å²) in [6.07, 6.45) is 11.2. The number of hydrogen-bond donors (Lipinski definition) is 0. The standard InChI is InChI=1S/C26H26ClF2N3O2/c27-20-6-5-19(23(29)14-20)16-34-26-22(28)7-8-24(31-26)18-3-1-17(2-4-18)13-25-30-10-11-32(25)15-21-9-12-33-21/h3,5-8,10-11,14,17,21H,1-2,4,9,12-13,15-16H2/t17?,21-/m0/s1. The molecule has 5 rings (SSSR count). The number of ether oxygens (including phenoxy) is 2. The van der Waals surface area contributed by atoms with E-state index in [0.29, 0.717) is 22.7 Å². The van der Waals surface area contributed by atoms with Gasteiger partial charge >= 0.3 is 0 Å². The van der Waals surface area contributed by atoms with E-state index >= 15 is 0 Å². The summed E-state index contributed by atoms with van der Waals surface area (Å²) < 4.78 is 41.6. The molecule has 0 amide bonds. The highest BCUT2D eigenvalue weighted by Gasteiger charge is 2.22. The van der Waals surface area contributed by atoms with Crippen molar-refractivity contribution in [3.05, 3.63) is 82.5 Å². The van der Waals surface area contributed by atoms with E-state index in [1.807, 2.05) is 12.4 Å². The Hall–Kier alpha value is -2.77. The molecule has 1 aliphatic heterocycles. The molecule has 3 aromatic rings. The second-order valence-electron chi connectivity index (χ2n) is 8.86. The molecule has 1 saturated heterocycles. The van der Waals surface area contributed by atoms with Crippen molar-refractivity contribution >= 4 is 17.2 Å². The fraction of sp³-hybridized carbons (Fsp3) is 0.385. The van der Waals surface area contributed by atoms with Crippen LogP contribution in [0.1, 0.15) is 42.8 Å². The van der Waals surface area contributed by atoms with Gasteiger partial charge in [-0.1, -0.05) is 23.7 Å². The molecule has 1 aliphatic carbocycles. The summed E-state index contributed by atoms with van der Waals surface area (Å²) in [5, 5.41) is 0.298. The lowest BCUT2D eigenvalue weighted by atomic mass is 9.86. The molecule has 0 radical (unpaired) electrons. The number of nitrogens with zero attached hydrogens (tertiary/aromatic N) is 3. The fourth-order valence-corrected chi connectivity index (χ4v) is 4.56. The molecule has 0 saturated carbocycles. The Bertz CT molecular complexity index is 1190. The van der Waals surface area contributed by atoms with E-state index in [2.05, 4.69) is 20.6 Å². The second-order valence-corrected chi connectivity index (χ2v) is 9.30. The number of benzene rings is 1. The van der Waals surface area contributed by atoms with E-state index in [1.54, 1.807) is 12.1 Å². The molecule has 2 aromatic heterocycles. The van der Waals surface area contributed by atoms with Gasteiger partial charge < -0.3 is 14.0 Å². The molecule has 0 spiro atoms. The summed E-state index contributed by atoms with van der Waals surface area (Å²) in [6, 6.07) is 7.32. The van der Waals surface area contributed by atoms with Gasteiger partial charge in [0.1, 0.15) is 18.2 Å². The molecule has 1 unspecified atom stereocenters. The summed E-state index contributed by atoms with van der Waals surface area (Å²) in [4.78, 5) is 8.94. The van der Waals surface area contributed by atoms with Crippen LogP contribution in [-0.4, -0.2) is 27.2 Å². The highest BCUT2D eigenvalue weighted by molar-refractivity contribution is 6.30. The van der Waals surface area contributed by atoms with E-state index in [1.165, 1.54) is 18.2 Å². The molecule has 0 N–H and O–H groups in total. The molecule has 1 aromatic carbocycles. The lowest BCUT2D eigenvalue weighted by Gasteiger charge is -2.28. The third kappa shape index (κ3) is 5.31. The average molecular weight is 486 g/mol. The zero-order valence-corrected chi connectivity index (χ0v) is 19.5. The number of rotatable bonds is 8. The number of halogens is 3. The van der Waals surface area contributed by atoms with Crippen LogP contribution < -0.4 is 4.74 Å². The first-order chi connectivity index (χ1) is 16.5. The van der Waals surface area contributed by atoms with Gasteiger partial charge in [-0.15, -0.1) is 0 Å². The Morgan fingerprint density at radius 2 is 2.03 bits per heavy atom. The highest BCUT2D eigenvalue weighted by Crippen LogP contribution is 2.32. The van der Waals surface area contributed by atoms with Crippen molar-refractivity contribution in [1.82, 2.24) is 14.5 Å². The molecule has 2 aliphatic rings. The largest absolute Gasteiger partial charge is 0.471 e. The van der Waals surface area contributed by atoms with Crippen molar-refractivity contribution in [2.75, 3.05) is 6.61 Å². The van der Waals surface area contributed by atoms with Crippen LogP contribution in [-0.2, 0) is 24.3 Å². The van der Waals surface area contributed by atoms with Crippen LogP contribution in [0.2, 0.25) is 5.02 Å². The van der Waals surface area contributed by atoms with Gasteiger partial charge in [-0.05, 0) is 61.4 Å². The maximum atomic E-state index is 14.3. The van der Waals surface area contributed by atoms with Crippen LogP contribution >= 0.6 is 11.6 Å². The zero-order valence-electron chi connectivity index (χ0n) is 18.7. The third-order valence-corrected chi connectivity index (χ3v) is 6.74. The summed E-state index contributed by atoms with van der Waals surface area (Å²) in [5.41, 5.74) is 2.05. The molecule has 1 fully saturated rings. The SMILES string of the molecule is Fc1cc(Cl)ccc1COc1nc(C2=CCC(Cc3nccn3C[C@@H]3CCO3)CC2)ccc1F. The minimum atomic E-state index is -0.574. The van der Waals surface area contributed by atoms with Crippen LogP contribution in [0.25, 0.3) is 5.57 Å². The molecule has 2 atom stereocenters. The van der Waals surface area contributed by atoms with Gasteiger partial charge in [0.15, 0.2) is 5.82 Å². The van der Waals surface area contributed by atoms with Crippen molar-refractivity contribution in [2.24, 2.45) is 5.92 Å². The zero-order chi connectivity index (χ0) is 23.5. The maximum absolute atomic E-state index is 14.3. The van der Waals surface area contributed by atoms with Crippen molar-refractivity contribution in [1.29, 1.82) is 0 Å². The Morgan fingerprint density at radius 1 is 1.15 bits per heavy atom. The first-order valence-corrected chi connectivity index (χ1v) is 12.0. The lowest BCUT2D eigenvalue weighted by molar-refractivity contribution is -0.0596. The van der Waals surface area contributed by atoms with E-state index < -0.39 is 11.6 Å². The van der Waals surface area contributed by atoms with Crippen LogP contribution in [0, 0.1) is 17.6 Å². The predicted molar refractivity (Wildman–Crippen MR) is 126 cm³/mol. The second kappa shape index (κ2) is 10.2. The number of hydrogen-bond acceptors (Lipinski definition) is 4. The molecular formula is C26H26ClF2N3O2. The smallest absolute Gasteiger partial charge is 0.251 e. The molecular weight excluding hydrogens is 460 g/mol. The van der Waals surface area contributed by atoms with Gasteiger partial charge in [0.2, 0.25) is 0 Å². The van der Waals surface area contributed by atoms with Gasteiger partial charge in [-0.2, -0.15) is 0 Å². The Kier molecular flexibility index (Phi) is 6.92. The van der Waals surface area contributed by atoms with Gasteiger partial charge in [-0.25, -0.2) is 18.7 Å². The average Bonchev–Trinajstić information content (AvgIpc) is 3.24. The normalized spacial score (nSPS) is 20.0. The van der Waals surface area contributed by atoms with Crippen LogP contribution in [0.4, 0.5) is 8.78 Å². The summed E-state index contributed by atoms with van der Waals surface area (Å²) in [6.45, 7) is 1.59. The molecule has 34 heavy (non-hydrogen) atoms. The predicted octanol–water partition coefficient (Wildman–Crippen LogP) is 6.00. The van der Waals surface area contributed by atoms with E-state index in [9.17, 15) is 8.78 Å². The van der Waals surface area contributed by atoms with Gasteiger partial charge in [-0.3, -0.25) is 0 Å². The minimum Gasteiger partial charge on any atom is -0.471 e. The number of imidazole rings is 1. The Morgan fingerprint density at radius 3 is 2.76 bits per heavy atom. The molecule has 5 nitrogen and oxygen atoms in total. The van der Waals surface area contributed by atoms with Crippen LogP contribution in [0.15, 0.2) is 48.8 Å². The minimum absolute atomic E-state index is 0.129. The van der Waals surface area contributed by atoms with E-state index in [-0.39, 0.29) is 18.1 Å². The summed E-state index contributed by atoms with van der Waals surface area (Å²) in [7, 11) is 0. The molecule has 3 heterocycles. The monoisotopic (exact) mass is 485 g/mol. The Labute approximate surface area is 202 Å². The van der Waals surface area contributed by atoms with Crippen LogP contribution in [0.3, 0.4) is 0 Å². The molecule has 0 bridgehead atoms. The topological polar surface area (TPSA) is 49.2 Å². The van der Waals surface area contributed by atoms with Gasteiger partial charge in [0.05, 0.1) is 18.3 Å². The quantitative estimate of drug-likeness (QED) is 0.392. The van der Waals surface area contributed by atoms with E-state index in [4.69, 9.17) is 21.1 Å².